The van der Waals surface area contributed by atoms with Crippen LogP contribution in [0, 0.1) is 17.2 Å². The van der Waals surface area contributed by atoms with Gasteiger partial charge in [-0.1, -0.05) is 42.5 Å². The molecule has 5 atom stereocenters. The maximum Gasteiger partial charge on any atom is 0.410 e. The molecule has 2 fully saturated rings. The molecule has 230 valence electrons. The largest absolute Gasteiger partial charge is 0.495 e. The fourth-order valence-corrected chi connectivity index (χ4v) is 7.27. The summed E-state index contributed by atoms with van der Waals surface area (Å²) in [6.07, 6.45) is 1.45. The average Bonchev–Trinajstić information content (AvgIpc) is 3.39. The summed E-state index contributed by atoms with van der Waals surface area (Å²) in [5.41, 5.74) is -1.63. The molecule has 10 heteroatoms. The Labute approximate surface area is 257 Å². The van der Waals surface area contributed by atoms with Crippen molar-refractivity contribution < 1.29 is 29.2 Å². The second-order valence-electron chi connectivity index (χ2n) is 12.8. The van der Waals surface area contributed by atoms with Gasteiger partial charge in [0, 0.05) is 44.6 Å². The summed E-state index contributed by atoms with van der Waals surface area (Å²) in [5.74, 6) is -0.353. The van der Waals surface area contributed by atoms with E-state index in [4.69, 9.17) is 14.2 Å². The SMILES string of the molecule is COc1cncc2c1C1(O)[C@H](O)C(CN3CCN(C(=O)OC(C)(C)C)CC3)[C@@H](c3ccccc3)C1(c1ccc(C#N)cc1)O2. The molecule has 0 radical (unpaired) electrons. The fourth-order valence-electron chi connectivity index (χ4n) is 7.27. The number of nitrogens with zero attached hydrogens (tertiary/aromatic N) is 4. The van der Waals surface area contributed by atoms with Gasteiger partial charge in [-0.2, -0.15) is 5.26 Å². The summed E-state index contributed by atoms with van der Waals surface area (Å²) in [7, 11) is 1.50. The Kier molecular flexibility index (Phi) is 7.52. The lowest BCUT2D eigenvalue weighted by molar-refractivity contribution is -0.152. The van der Waals surface area contributed by atoms with Crippen molar-refractivity contribution >= 4 is 6.09 Å². The van der Waals surface area contributed by atoms with Crippen molar-refractivity contribution in [2.75, 3.05) is 39.8 Å². The maximum atomic E-state index is 13.0. The van der Waals surface area contributed by atoms with Crippen LogP contribution >= 0.6 is 0 Å². The van der Waals surface area contributed by atoms with Gasteiger partial charge in [0.1, 0.15) is 17.1 Å². The number of nitriles is 1. The summed E-state index contributed by atoms with van der Waals surface area (Å²) in [4.78, 5) is 20.9. The normalized spacial score (nSPS) is 28.0. The van der Waals surface area contributed by atoms with E-state index in [1.54, 1.807) is 35.4 Å². The number of amides is 1. The molecule has 1 saturated carbocycles. The predicted molar refractivity (Wildman–Crippen MR) is 161 cm³/mol. The molecule has 10 nitrogen and oxygen atoms in total. The molecule has 3 aliphatic rings. The number of carbonyl (C=O) groups is 1. The number of hydrogen-bond acceptors (Lipinski definition) is 9. The Morgan fingerprint density at radius 1 is 1.09 bits per heavy atom. The Hall–Kier alpha value is -4.17. The second-order valence-corrected chi connectivity index (χ2v) is 12.8. The lowest BCUT2D eigenvalue weighted by Crippen LogP contribution is -2.52. The van der Waals surface area contributed by atoms with Crippen molar-refractivity contribution in [2.45, 2.75) is 49.6 Å². The van der Waals surface area contributed by atoms with Crippen LogP contribution in [0.15, 0.2) is 67.0 Å². The van der Waals surface area contributed by atoms with E-state index >= 15 is 0 Å². The van der Waals surface area contributed by atoms with E-state index in [2.05, 4.69) is 16.0 Å². The minimum atomic E-state index is -1.92. The maximum absolute atomic E-state index is 13.0. The zero-order valence-corrected chi connectivity index (χ0v) is 25.4. The highest BCUT2D eigenvalue weighted by Gasteiger charge is 2.76. The van der Waals surface area contributed by atoms with Crippen molar-refractivity contribution in [3.05, 3.63) is 89.2 Å². The lowest BCUT2D eigenvalue weighted by Gasteiger charge is -2.41. The molecule has 44 heavy (non-hydrogen) atoms. The Balaban J connectivity index is 1.43. The van der Waals surface area contributed by atoms with Crippen LogP contribution in [0.25, 0.3) is 0 Å². The van der Waals surface area contributed by atoms with Crippen molar-refractivity contribution in [3.8, 4) is 17.6 Å². The van der Waals surface area contributed by atoms with Crippen LogP contribution in [-0.4, -0.2) is 82.6 Å². The fraction of sp³-hybridized carbons (Fsp3) is 0.441. The first-order valence-electron chi connectivity index (χ1n) is 14.9. The number of rotatable bonds is 5. The zero-order valence-electron chi connectivity index (χ0n) is 25.4. The number of pyridine rings is 1. The van der Waals surface area contributed by atoms with Crippen LogP contribution in [0.3, 0.4) is 0 Å². The third-order valence-electron chi connectivity index (χ3n) is 9.11. The van der Waals surface area contributed by atoms with Gasteiger partial charge in [0.25, 0.3) is 0 Å². The van der Waals surface area contributed by atoms with Gasteiger partial charge in [0.05, 0.1) is 42.8 Å². The number of hydrogen-bond donors (Lipinski definition) is 2. The first-order chi connectivity index (χ1) is 21.0. The number of ether oxygens (including phenoxy) is 3. The van der Waals surface area contributed by atoms with Gasteiger partial charge in [0.15, 0.2) is 11.2 Å². The molecule has 1 aromatic heterocycles. The highest BCUT2D eigenvalue weighted by atomic mass is 16.6. The van der Waals surface area contributed by atoms with Crippen molar-refractivity contribution in [2.24, 2.45) is 5.92 Å². The molecule has 2 aliphatic heterocycles. The number of aliphatic hydroxyl groups is 2. The molecule has 0 bridgehead atoms. The molecule has 2 aromatic carbocycles. The van der Waals surface area contributed by atoms with Crippen molar-refractivity contribution in [1.82, 2.24) is 14.8 Å². The van der Waals surface area contributed by atoms with Gasteiger partial charge >= 0.3 is 6.09 Å². The van der Waals surface area contributed by atoms with E-state index in [1.807, 2.05) is 51.1 Å². The molecule has 0 spiro atoms. The van der Waals surface area contributed by atoms with Gasteiger partial charge < -0.3 is 29.3 Å². The highest BCUT2D eigenvalue weighted by molar-refractivity contribution is 5.68. The molecule has 6 rings (SSSR count). The summed E-state index contributed by atoms with van der Waals surface area (Å²) in [6, 6.07) is 18.9. The smallest absolute Gasteiger partial charge is 0.410 e. The number of benzene rings is 2. The zero-order chi connectivity index (χ0) is 31.3. The summed E-state index contributed by atoms with van der Waals surface area (Å²) < 4.78 is 18.1. The van der Waals surface area contributed by atoms with E-state index in [1.165, 1.54) is 13.3 Å². The van der Waals surface area contributed by atoms with Gasteiger partial charge in [-0.05, 0) is 44.0 Å². The van der Waals surface area contributed by atoms with Crippen molar-refractivity contribution in [3.63, 3.8) is 0 Å². The van der Waals surface area contributed by atoms with E-state index < -0.39 is 34.7 Å². The second kappa shape index (κ2) is 11.1. The number of piperazine rings is 1. The van der Waals surface area contributed by atoms with Gasteiger partial charge in [0.2, 0.25) is 0 Å². The number of aromatic nitrogens is 1. The standard InChI is InChI=1S/C34H38N4O6/c1-32(2,3)44-31(40)38-16-14-37(15-17-38)21-25-28(23-8-6-5-7-9-23)34(24-12-10-22(18-35)11-13-24)33(41,30(25)39)29-26(42-4)19-36-20-27(29)43-34/h5-13,19-20,25,28,30,39,41H,14-17,21H2,1-4H3/t25?,28-,30-,33?,34?/m1/s1. The number of aliphatic hydroxyl groups excluding tert-OH is 1. The Bertz CT molecular complexity index is 1560. The summed E-state index contributed by atoms with van der Waals surface area (Å²) in [6.45, 7) is 8.12. The van der Waals surface area contributed by atoms with E-state index in [-0.39, 0.29) is 6.09 Å². The van der Waals surface area contributed by atoms with E-state index in [0.717, 1.165) is 5.56 Å². The molecule has 3 unspecified atom stereocenters. The van der Waals surface area contributed by atoms with Crippen LogP contribution in [0.4, 0.5) is 4.79 Å². The first-order valence-corrected chi connectivity index (χ1v) is 14.9. The van der Waals surface area contributed by atoms with Gasteiger partial charge in [-0.25, -0.2) is 4.79 Å². The number of methoxy groups -OCH3 is 1. The third-order valence-corrected chi connectivity index (χ3v) is 9.11. The van der Waals surface area contributed by atoms with E-state index in [0.29, 0.717) is 60.9 Å². The monoisotopic (exact) mass is 598 g/mol. The topological polar surface area (TPSA) is 128 Å². The lowest BCUT2D eigenvalue weighted by atomic mass is 9.70. The minimum Gasteiger partial charge on any atom is -0.495 e. The Morgan fingerprint density at radius 3 is 2.39 bits per heavy atom. The van der Waals surface area contributed by atoms with Gasteiger partial charge in [-0.15, -0.1) is 0 Å². The highest BCUT2D eigenvalue weighted by Crippen LogP contribution is 2.69. The van der Waals surface area contributed by atoms with Gasteiger partial charge in [-0.3, -0.25) is 9.88 Å². The molecular formula is C34H38N4O6. The van der Waals surface area contributed by atoms with Crippen LogP contribution < -0.4 is 9.47 Å². The molecule has 1 aliphatic carbocycles. The predicted octanol–water partition coefficient (Wildman–Crippen LogP) is 3.76. The third kappa shape index (κ3) is 4.67. The summed E-state index contributed by atoms with van der Waals surface area (Å²) in [5, 5.41) is 34.9. The molecular weight excluding hydrogens is 560 g/mol. The van der Waals surface area contributed by atoms with Crippen LogP contribution in [0.5, 0.6) is 11.5 Å². The average molecular weight is 599 g/mol. The van der Waals surface area contributed by atoms with Crippen molar-refractivity contribution in [1.29, 1.82) is 5.26 Å². The number of carbonyl (C=O) groups excluding carboxylic acids is 1. The summed E-state index contributed by atoms with van der Waals surface area (Å²) >= 11 is 0. The van der Waals surface area contributed by atoms with Crippen LogP contribution in [0.1, 0.15) is 48.9 Å². The molecule has 2 N–H and O–H groups in total. The Morgan fingerprint density at radius 2 is 1.77 bits per heavy atom. The minimum absolute atomic E-state index is 0.318. The number of fused-ring (bicyclic) bond motifs is 3. The van der Waals surface area contributed by atoms with E-state index in [9.17, 15) is 20.3 Å². The quantitative estimate of drug-likeness (QED) is 0.451. The molecule has 1 saturated heterocycles. The molecule has 3 heterocycles. The molecule has 3 aromatic rings. The molecule has 1 amide bonds. The van der Waals surface area contributed by atoms with Crippen LogP contribution in [-0.2, 0) is 15.9 Å². The first kappa shape index (κ1) is 29.9. The van der Waals surface area contributed by atoms with Crippen LogP contribution in [0.2, 0.25) is 0 Å².